The zero-order chi connectivity index (χ0) is 19.8. The molecule has 1 fully saturated rings. The van der Waals surface area contributed by atoms with E-state index in [1.54, 1.807) is 12.1 Å². The highest BCUT2D eigenvalue weighted by molar-refractivity contribution is 5.77. The molecule has 0 aliphatic carbocycles. The van der Waals surface area contributed by atoms with E-state index in [9.17, 15) is 5.11 Å². The first-order chi connectivity index (χ1) is 14.2. The van der Waals surface area contributed by atoms with Crippen molar-refractivity contribution in [2.45, 2.75) is 6.92 Å². The topological polar surface area (TPSA) is 69.8 Å². The highest BCUT2D eigenvalue weighted by Gasteiger charge is 2.19. The smallest absolute Gasteiger partial charge is 0.165 e. The first-order valence-corrected chi connectivity index (χ1v) is 9.73. The van der Waals surface area contributed by atoms with E-state index in [4.69, 9.17) is 4.98 Å². The minimum atomic E-state index is 0.297. The number of aromatic nitrogens is 4. The summed E-state index contributed by atoms with van der Waals surface area (Å²) in [6.07, 6.45) is 7.53. The van der Waals surface area contributed by atoms with Crippen molar-refractivity contribution < 1.29 is 5.11 Å². The fourth-order valence-electron chi connectivity index (χ4n) is 3.80. The maximum atomic E-state index is 9.49. The van der Waals surface area contributed by atoms with Gasteiger partial charge < -0.3 is 14.9 Å². The second kappa shape index (κ2) is 7.09. The summed E-state index contributed by atoms with van der Waals surface area (Å²) in [5, 5.41) is 13.9. The number of piperazine rings is 1. The predicted molar refractivity (Wildman–Crippen MR) is 113 cm³/mol. The van der Waals surface area contributed by atoms with Crippen molar-refractivity contribution in [2.75, 3.05) is 36.0 Å². The van der Waals surface area contributed by atoms with Crippen molar-refractivity contribution in [3.05, 3.63) is 66.7 Å². The molecule has 0 amide bonds. The third-order valence-electron chi connectivity index (χ3n) is 5.36. The second-order valence-electron chi connectivity index (χ2n) is 7.35. The quantitative estimate of drug-likeness (QED) is 0.583. The lowest BCUT2D eigenvalue weighted by molar-refractivity contribution is 0.475. The van der Waals surface area contributed by atoms with Gasteiger partial charge in [-0.05, 0) is 48.9 Å². The van der Waals surface area contributed by atoms with E-state index in [2.05, 4.69) is 25.9 Å². The van der Waals surface area contributed by atoms with Crippen LogP contribution in [-0.4, -0.2) is 50.9 Å². The molecule has 0 unspecified atom stereocenters. The van der Waals surface area contributed by atoms with Gasteiger partial charge in [0.2, 0.25) is 0 Å². The largest absolute Gasteiger partial charge is 0.508 e. The molecule has 4 heterocycles. The van der Waals surface area contributed by atoms with Gasteiger partial charge in [0, 0.05) is 61.6 Å². The van der Waals surface area contributed by atoms with Crippen LogP contribution in [0.25, 0.3) is 16.8 Å². The van der Waals surface area contributed by atoms with Crippen LogP contribution in [0.5, 0.6) is 5.75 Å². The molecule has 1 aliphatic rings. The van der Waals surface area contributed by atoms with E-state index in [1.807, 2.05) is 54.4 Å². The van der Waals surface area contributed by atoms with Gasteiger partial charge in [0.25, 0.3) is 0 Å². The van der Waals surface area contributed by atoms with E-state index in [-0.39, 0.29) is 0 Å². The summed E-state index contributed by atoms with van der Waals surface area (Å²) in [6.45, 7) is 5.63. The summed E-state index contributed by atoms with van der Waals surface area (Å²) in [4.78, 5) is 13.9. The minimum absolute atomic E-state index is 0.297. The Hall–Kier alpha value is -3.61. The summed E-state index contributed by atoms with van der Waals surface area (Å²) in [5.74, 6) is 1.26. The number of fused-ring (bicyclic) bond motifs is 1. The van der Waals surface area contributed by atoms with Gasteiger partial charge in [-0.1, -0.05) is 0 Å². The number of phenolic OH excluding ortho intramolecular Hbond substituents is 1. The summed E-state index contributed by atoms with van der Waals surface area (Å²) >= 11 is 0. The minimum Gasteiger partial charge on any atom is -0.508 e. The highest BCUT2D eigenvalue weighted by atomic mass is 16.3. The van der Waals surface area contributed by atoms with Crippen LogP contribution < -0.4 is 9.80 Å². The van der Waals surface area contributed by atoms with Gasteiger partial charge in [-0.2, -0.15) is 5.10 Å². The van der Waals surface area contributed by atoms with Crippen LogP contribution >= 0.6 is 0 Å². The normalized spacial score (nSPS) is 14.5. The molecule has 4 aromatic rings. The Bertz CT molecular complexity index is 1150. The average Bonchev–Trinajstić information content (AvgIpc) is 3.18. The van der Waals surface area contributed by atoms with Gasteiger partial charge >= 0.3 is 0 Å². The number of benzene rings is 1. The third kappa shape index (κ3) is 3.35. The number of aryl methyl sites for hydroxylation is 1. The Morgan fingerprint density at radius 2 is 1.66 bits per heavy atom. The third-order valence-corrected chi connectivity index (χ3v) is 5.36. The molecule has 29 heavy (non-hydrogen) atoms. The Balaban J connectivity index is 1.38. The van der Waals surface area contributed by atoms with Crippen molar-refractivity contribution >= 4 is 17.2 Å². The van der Waals surface area contributed by atoms with Crippen LogP contribution in [0.1, 0.15) is 5.56 Å². The first kappa shape index (κ1) is 17.5. The molecule has 1 aliphatic heterocycles. The van der Waals surface area contributed by atoms with Crippen molar-refractivity contribution in [1.82, 2.24) is 19.6 Å². The fraction of sp³-hybridized carbons (Fsp3) is 0.227. The van der Waals surface area contributed by atoms with Crippen LogP contribution in [0.15, 0.2) is 61.2 Å². The number of hydrogen-bond donors (Lipinski definition) is 1. The number of phenols is 1. The summed E-state index contributed by atoms with van der Waals surface area (Å²) in [6, 6.07) is 11.5. The Morgan fingerprint density at radius 1 is 0.897 bits per heavy atom. The van der Waals surface area contributed by atoms with Gasteiger partial charge in [0.05, 0.1) is 6.20 Å². The maximum Gasteiger partial charge on any atom is 0.165 e. The average molecular weight is 386 g/mol. The van der Waals surface area contributed by atoms with E-state index < -0.39 is 0 Å². The number of aromatic hydroxyl groups is 1. The SMILES string of the molecule is Cc1cncc(-c2cnn3ccc(N4CCN(c5ccc(O)cc5)CC4)nc23)c1. The molecule has 7 nitrogen and oxygen atoms in total. The number of rotatable bonds is 3. The molecule has 146 valence electrons. The molecule has 0 saturated carbocycles. The molecule has 7 heteroatoms. The molecule has 1 saturated heterocycles. The molecular weight excluding hydrogens is 364 g/mol. The molecule has 0 spiro atoms. The van der Waals surface area contributed by atoms with Gasteiger partial charge in [-0.3, -0.25) is 4.98 Å². The molecule has 0 atom stereocenters. The van der Waals surface area contributed by atoms with E-state index in [0.717, 1.165) is 60.0 Å². The predicted octanol–water partition coefficient (Wildman–Crippen LogP) is 3.13. The van der Waals surface area contributed by atoms with Gasteiger partial charge in [-0.15, -0.1) is 0 Å². The number of hydrogen-bond acceptors (Lipinski definition) is 6. The van der Waals surface area contributed by atoms with Gasteiger partial charge in [-0.25, -0.2) is 9.50 Å². The molecule has 5 rings (SSSR count). The Kier molecular flexibility index (Phi) is 4.27. The first-order valence-electron chi connectivity index (χ1n) is 9.73. The lowest BCUT2D eigenvalue weighted by Gasteiger charge is -2.36. The number of pyridine rings is 1. The van der Waals surface area contributed by atoms with Gasteiger partial charge in [0.15, 0.2) is 5.65 Å². The van der Waals surface area contributed by atoms with Crippen LogP contribution in [0.2, 0.25) is 0 Å². The number of nitrogens with zero attached hydrogens (tertiary/aromatic N) is 6. The molecule has 0 bridgehead atoms. The summed E-state index contributed by atoms with van der Waals surface area (Å²) < 4.78 is 1.81. The van der Waals surface area contributed by atoms with Crippen molar-refractivity contribution in [1.29, 1.82) is 0 Å². The van der Waals surface area contributed by atoms with Gasteiger partial charge in [0.1, 0.15) is 11.6 Å². The standard InChI is InChI=1S/C22H22N6O/c1-16-12-17(14-23-13-16)20-15-24-28-7-6-21(25-22(20)28)27-10-8-26(9-11-27)18-2-4-19(29)5-3-18/h2-7,12-15,29H,8-11H2,1H3. The molecule has 1 N–H and O–H groups in total. The molecule has 0 radical (unpaired) electrons. The molecule has 1 aromatic carbocycles. The van der Waals surface area contributed by atoms with Crippen molar-refractivity contribution in [2.24, 2.45) is 0 Å². The van der Waals surface area contributed by atoms with Crippen molar-refractivity contribution in [3.63, 3.8) is 0 Å². The fourth-order valence-corrected chi connectivity index (χ4v) is 3.80. The van der Waals surface area contributed by atoms with Crippen LogP contribution in [0, 0.1) is 6.92 Å². The monoisotopic (exact) mass is 386 g/mol. The Morgan fingerprint density at radius 3 is 2.41 bits per heavy atom. The van der Waals surface area contributed by atoms with Crippen LogP contribution in [0.3, 0.4) is 0 Å². The zero-order valence-electron chi connectivity index (χ0n) is 16.2. The zero-order valence-corrected chi connectivity index (χ0v) is 16.2. The van der Waals surface area contributed by atoms with Crippen LogP contribution in [0.4, 0.5) is 11.5 Å². The lowest BCUT2D eigenvalue weighted by atomic mass is 10.1. The molecule has 3 aromatic heterocycles. The van der Waals surface area contributed by atoms with Crippen LogP contribution in [-0.2, 0) is 0 Å². The maximum absolute atomic E-state index is 9.49. The van der Waals surface area contributed by atoms with E-state index in [1.165, 1.54) is 0 Å². The second-order valence-corrected chi connectivity index (χ2v) is 7.35. The van der Waals surface area contributed by atoms with E-state index >= 15 is 0 Å². The lowest BCUT2D eigenvalue weighted by Crippen LogP contribution is -2.46. The van der Waals surface area contributed by atoms with Crippen molar-refractivity contribution in [3.8, 4) is 16.9 Å². The molecular formula is C22H22N6O. The number of anilines is 2. The summed E-state index contributed by atoms with van der Waals surface area (Å²) in [5.41, 5.74) is 5.11. The summed E-state index contributed by atoms with van der Waals surface area (Å²) in [7, 11) is 0. The van der Waals surface area contributed by atoms with E-state index in [0.29, 0.717) is 5.75 Å². The highest BCUT2D eigenvalue weighted by Crippen LogP contribution is 2.26. The Labute approximate surface area is 168 Å².